The number of hydrogen-bond donors (Lipinski definition) is 1. The molecule has 0 aliphatic heterocycles. The Balaban J connectivity index is 1.73. The van der Waals surface area contributed by atoms with Gasteiger partial charge in [-0.15, -0.1) is 0 Å². The van der Waals surface area contributed by atoms with Gasteiger partial charge in [0.1, 0.15) is 11.5 Å². The molecule has 178 valence electrons. The summed E-state index contributed by atoms with van der Waals surface area (Å²) in [6, 6.07) is 16.1. The average molecular weight is 459 g/mol. The molecule has 3 nitrogen and oxygen atoms in total. The summed E-state index contributed by atoms with van der Waals surface area (Å²) in [5.41, 5.74) is 2.50. The summed E-state index contributed by atoms with van der Waals surface area (Å²) in [4.78, 5) is 10.4. The molecule has 4 heteroatoms. The lowest BCUT2D eigenvalue weighted by Crippen LogP contribution is -1.96. The second-order valence-electron chi connectivity index (χ2n) is 8.75. The Bertz CT molecular complexity index is 673. The van der Waals surface area contributed by atoms with Gasteiger partial charge in [0.15, 0.2) is 0 Å². The molecule has 0 aromatic heterocycles. The van der Waals surface area contributed by atoms with Gasteiger partial charge in [-0.1, -0.05) is 102 Å². The number of hydrogen-bond acceptors (Lipinski definition) is 3. The van der Waals surface area contributed by atoms with Gasteiger partial charge in [-0.2, -0.15) is 0 Å². The lowest BCUT2D eigenvalue weighted by Gasteiger charge is -2.14. The Kier molecular flexibility index (Phi) is 14.2. The van der Waals surface area contributed by atoms with Crippen LogP contribution in [0, 0.1) is 0 Å². The first-order valence-corrected chi connectivity index (χ1v) is 13.9. The average Bonchev–Trinajstić information content (AvgIpc) is 2.79. The lowest BCUT2D eigenvalue weighted by atomic mass is 10.0. The molecule has 0 fully saturated rings. The third kappa shape index (κ3) is 11.9. The quantitative estimate of drug-likeness (QED) is 0.179. The molecule has 2 aromatic carbocycles. The van der Waals surface area contributed by atoms with E-state index in [0.717, 1.165) is 12.8 Å². The van der Waals surface area contributed by atoms with Crippen LogP contribution < -0.4 is 9.05 Å². The van der Waals surface area contributed by atoms with Crippen molar-refractivity contribution in [2.75, 3.05) is 0 Å². The van der Waals surface area contributed by atoms with Gasteiger partial charge in [0.05, 0.1) is 0 Å². The SMILES string of the molecule is CCCCCCCCc1cccc(OP(O)Oc2cccc(CCCCCCCC)c2)c1. The summed E-state index contributed by atoms with van der Waals surface area (Å²) < 4.78 is 11.4. The van der Waals surface area contributed by atoms with Crippen LogP contribution in [-0.2, 0) is 12.8 Å². The fourth-order valence-corrected chi connectivity index (χ4v) is 4.56. The second-order valence-corrected chi connectivity index (χ2v) is 9.59. The third-order valence-corrected chi connectivity index (χ3v) is 6.54. The predicted molar refractivity (Wildman–Crippen MR) is 137 cm³/mol. The van der Waals surface area contributed by atoms with Crippen molar-refractivity contribution in [3.8, 4) is 11.5 Å². The first-order valence-electron chi connectivity index (χ1n) is 12.7. The molecule has 0 heterocycles. The monoisotopic (exact) mass is 458 g/mol. The Morgan fingerprint density at radius 2 is 1.00 bits per heavy atom. The van der Waals surface area contributed by atoms with Crippen molar-refractivity contribution >= 4 is 8.60 Å². The Morgan fingerprint density at radius 3 is 1.44 bits per heavy atom. The van der Waals surface area contributed by atoms with Crippen LogP contribution >= 0.6 is 8.60 Å². The van der Waals surface area contributed by atoms with E-state index in [2.05, 4.69) is 26.0 Å². The van der Waals surface area contributed by atoms with Crippen molar-refractivity contribution in [3.05, 3.63) is 59.7 Å². The highest BCUT2D eigenvalue weighted by molar-refractivity contribution is 7.41. The van der Waals surface area contributed by atoms with Crippen molar-refractivity contribution in [3.63, 3.8) is 0 Å². The number of benzene rings is 2. The smallest absolute Gasteiger partial charge is 0.418 e. The summed E-state index contributed by atoms with van der Waals surface area (Å²) in [5.74, 6) is 1.34. The summed E-state index contributed by atoms with van der Waals surface area (Å²) in [6.07, 6.45) is 17.6. The van der Waals surface area contributed by atoms with E-state index < -0.39 is 8.60 Å². The molecule has 0 atom stereocenters. The van der Waals surface area contributed by atoms with Gasteiger partial charge in [-0.3, -0.25) is 0 Å². The largest absolute Gasteiger partial charge is 0.460 e. The third-order valence-electron chi connectivity index (χ3n) is 5.80. The zero-order chi connectivity index (χ0) is 22.9. The highest BCUT2D eigenvalue weighted by Crippen LogP contribution is 2.37. The Labute approximate surface area is 197 Å². The molecule has 1 N–H and O–H groups in total. The summed E-state index contributed by atoms with van der Waals surface area (Å²) in [6.45, 7) is 4.50. The van der Waals surface area contributed by atoms with Gasteiger partial charge < -0.3 is 13.9 Å². The number of unbranched alkanes of at least 4 members (excludes halogenated alkanes) is 10. The molecule has 0 saturated heterocycles. The van der Waals surface area contributed by atoms with E-state index >= 15 is 0 Å². The normalized spacial score (nSPS) is 11.1. The van der Waals surface area contributed by atoms with Crippen LogP contribution in [0.4, 0.5) is 0 Å². The minimum absolute atomic E-state index is 0.672. The molecule has 2 rings (SSSR count). The topological polar surface area (TPSA) is 38.7 Å². The van der Waals surface area contributed by atoms with Crippen LogP contribution in [-0.4, -0.2) is 4.89 Å². The minimum atomic E-state index is -2.00. The van der Waals surface area contributed by atoms with Gasteiger partial charge in [0, 0.05) is 0 Å². The van der Waals surface area contributed by atoms with Crippen molar-refractivity contribution in [1.82, 2.24) is 0 Å². The molecule has 0 bridgehead atoms. The second kappa shape index (κ2) is 17.0. The molecule has 0 spiro atoms. The highest BCUT2D eigenvalue weighted by atomic mass is 31.2. The van der Waals surface area contributed by atoms with E-state index in [1.165, 1.54) is 88.2 Å². The van der Waals surface area contributed by atoms with E-state index in [0.29, 0.717) is 11.5 Å². The summed E-state index contributed by atoms with van der Waals surface area (Å²) in [7, 11) is -2.00. The minimum Gasteiger partial charge on any atom is -0.418 e. The predicted octanol–water partition coefficient (Wildman–Crippen LogP) is 9.17. The zero-order valence-electron chi connectivity index (χ0n) is 20.2. The molecule has 0 amide bonds. The fraction of sp³-hybridized carbons (Fsp3) is 0.571. The van der Waals surface area contributed by atoms with Crippen LogP contribution in [0.15, 0.2) is 48.5 Å². The standard InChI is InChI=1S/C28H43O3P/c1-3-5-7-9-11-13-17-25-19-15-21-27(23-25)30-32(29)31-28-22-16-20-26(24-28)18-14-12-10-8-6-4-2/h15-16,19-24,29H,3-14,17-18H2,1-2H3. The highest BCUT2D eigenvalue weighted by Gasteiger charge is 2.12. The first-order chi connectivity index (χ1) is 15.7. The molecule has 2 aromatic rings. The van der Waals surface area contributed by atoms with Gasteiger partial charge in [0.25, 0.3) is 0 Å². The van der Waals surface area contributed by atoms with Crippen LogP contribution in [0.5, 0.6) is 11.5 Å². The molecular weight excluding hydrogens is 415 g/mol. The zero-order valence-corrected chi connectivity index (χ0v) is 21.1. The number of rotatable bonds is 18. The van der Waals surface area contributed by atoms with Crippen LogP contribution in [0.25, 0.3) is 0 Å². The van der Waals surface area contributed by atoms with E-state index in [1.54, 1.807) is 0 Å². The van der Waals surface area contributed by atoms with E-state index in [1.807, 2.05) is 36.4 Å². The Hall–Kier alpha value is -1.57. The van der Waals surface area contributed by atoms with E-state index in [4.69, 9.17) is 9.05 Å². The van der Waals surface area contributed by atoms with Crippen molar-refractivity contribution in [1.29, 1.82) is 0 Å². The molecule has 32 heavy (non-hydrogen) atoms. The van der Waals surface area contributed by atoms with Gasteiger partial charge >= 0.3 is 8.60 Å². The maximum absolute atomic E-state index is 10.4. The summed E-state index contributed by atoms with van der Waals surface area (Å²) in [5, 5.41) is 0. The van der Waals surface area contributed by atoms with Gasteiger partial charge in [-0.05, 0) is 61.1 Å². The first kappa shape index (κ1) is 26.7. The molecule has 0 saturated carbocycles. The summed E-state index contributed by atoms with van der Waals surface area (Å²) >= 11 is 0. The number of aryl methyl sites for hydroxylation is 2. The molecule has 0 radical (unpaired) electrons. The lowest BCUT2D eigenvalue weighted by molar-refractivity contribution is 0.381. The van der Waals surface area contributed by atoms with Crippen LogP contribution in [0.1, 0.15) is 102 Å². The van der Waals surface area contributed by atoms with Gasteiger partial charge in [-0.25, -0.2) is 0 Å². The molecule has 0 unspecified atom stereocenters. The van der Waals surface area contributed by atoms with Crippen LogP contribution in [0.3, 0.4) is 0 Å². The molecule has 0 aliphatic carbocycles. The molecule has 0 aliphatic rings. The maximum Gasteiger partial charge on any atom is 0.460 e. The Morgan fingerprint density at radius 1 is 0.594 bits per heavy atom. The van der Waals surface area contributed by atoms with E-state index in [9.17, 15) is 4.89 Å². The van der Waals surface area contributed by atoms with Crippen molar-refractivity contribution < 1.29 is 13.9 Å². The van der Waals surface area contributed by atoms with Crippen LogP contribution in [0.2, 0.25) is 0 Å². The van der Waals surface area contributed by atoms with Gasteiger partial charge in [0.2, 0.25) is 0 Å². The van der Waals surface area contributed by atoms with Crippen molar-refractivity contribution in [2.24, 2.45) is 0 Å². The molecular formula is C28H43O3P. The fourth-order valence-electron chi connectivity index (χ4n) is 3.93. The maximum atomic E-state index is 10.4. The van der Waals surface area contributed by atoms with E-state index in [-0.39, 0.29) is 0 Å². The van der Waals surface area contributed by atoms with Crippen molar-refractivity contribution in [2.45, 2.75) is 104 Å².